The molecular formula is C14H13N3O2S. The SMILES string of the molecule is Nc1nc(COc2ccc(CO)cc2)nc2sccc12. The second kappa shape index (κ2) is 5.44. The fraction of sp³-hybridized carbons (Fsp3) is 0.143. The zero-order chi connectivity index (χ0) is 13.9. The molecule has 0 saturated heterocycles. The van der Waals surface area contributed by atoms with Crippen LogP contribution in [0.2, 0.25) is 0 Å². The molecule has 0 aliphatic carbocycles. The number of benzene rings is 1. The van der Waals surface area contributed by atoms with Crippen molar-refractivity contribution in [3.05, 3.63) is 47.1 Å². The molecule has 0 amide bonds. The first-order chi connectivity index (χ1) is 9.76. The summed E-state index contributed by atoms with van der Waals surface area (Å²) in [5.74, 6) is 1.74. The van der Waals surface area contributed by atoms with Crippen LogP contribution in [0.25, 0.3) is 10.2 Å². The third-order valence-electron chi connectivity index (χ3n) is 2.87. The number of hydrogen-bond donors (Lipinski definition) is 2. The Kier molecular flexibility index (Phi) is 3.49. The van der Waals surface area contributed by atoms with Crippen molar-refractivity contribution < 1.29 is 9.84 Å². The first-order valence-electron chi connectivity index (χ1n) is 6.08. The minimum Gasteiger partial charge on any atom is -0.486 e. The number of thiophene rings is 1. The predicted molar refractivity (Wildman–Crippen MR) is 78.5 cm³/mol. The summed E-state index contributed by atoms with van der Waals surface area (Å²) < 4.78 is 5.61. The Morgan fingerprint density at radius 2 is 1.95 bits per heavy atom. The van der Waals surface area contributed by atoms with E-state index in [1.165, 1.54) is 11.3 Å². The molecule has 0 saturated carbocycles. The number of aliphatic hydroxyl groups is 1. The lowest BCUT2D eigenvalue weighted by Crippen LogP contribution is -2.04. The van der Waals surface area contributed by atoms with Gasteiger partial charge in [0.05, 0.1) is 12.0 Å². The van der Waals surface area contributed by atoms with E-state index in [1.807, 2.05) is 23.6 Å². The van der Waals surface area contributed by atoms with E-state index in [1.54, 1.807) is 12.1 Å². The Morgan fingerprint density at radius 3 is 2.70 bits per heavy atom. The second-order valence-electron chi connectivity index (χ2n) is 4.26. The van der Waals surface area contributed by atoms with Gasteiger partial charge in [-0.05, 0) is 29.1 Å². The summed E-state index contributed by atoms with van der Waals surface area (Å²) in [6, 6.07) is 9.14. The minimum atomic E-state index is 0.0228. The van der Waals surface area contributed by atoms with Crippen LogP contribution in [0.15, 0.2) is 35.7 Å². The van der Waals surface area contributed by atoms with Crippen molar-refractivity contribution in [2.75, 3.05) is 5.73 Å². The normalized spacial score (nSPS) is 10.8. The summed E-state index contributed by atoms with van der Waals surface area (Å²) in [7, 11) is 0. The number of nitrogens with zero attached hydrogens (tertiary/aromatic N) is 2. The van der Waals surface area contributed by atoms with Crippen molar-refractivity contribution in [3.63, 3.8) is 0 Å². The molecule has 0 aliphatic rings. The molecule has 20 heavy (non-hydrogen) atoms. The molecular weight excluding hydrogens is 274 g/mol. The standard InChI is InChI=1S/C14H13N3O2S/c15-13-11-5-6-20-14(11)17-12(16-13)8-19-10-3-1-9(7-18)2-4-10/h1-6,18H,7-8H2,(H2,15,16,17). The van der Waals surface area contributed by atoms with Gasteiger partial charge in [-0.2, -0.15) is 0 Å². The van der Waals surface area contributed by atoms with E-state index < -0.39 is 0 Å². The average molecular weight is 287 g/mol. The highest BCUT2D eigenvalue weighted by molar-refractivity contribution is 7.16. The lowest BCUT2D eigenvalue weighted by Gasteiger charge is -2.06. The molecule has 6 heteroatoms. The van der Waals surface area contributed by atoms with Crippen molar-refractivity contribution >= 4 is 27.4 Å². The van der Waals surface area contributed by atoms with E-state index in [4.69, 9.17) is 15.6 Å². The van der Waals surface area contributed by atoms with E-state index in [0.717, 1.165) is 15.8 Å². The number of ether oxygens (including phenoxy) is 1. The number of rotatable bonds is 4. The maximum atomic E-state index is 8.97. The van der Waals surface area contributed by atoms with Gasteiger partial charge in [-0.1, -0.05) is 12.1 Å². The van der Waals surface area contributed by atoms with Gasteiger partial charge in [0.15, 0.2) is 5.82 Å². The van der Waals surface area contributed by atoms with Crippen LogP contribution in [0.1, 0.15) is 11.4 Å². The first-order valence-corrected chi connectivity index (χ1v) is 6.96. The van der Waals surface area contributed by atoms with Crippen molar-refractivity contribution in [2.45, 2.75) is 13.2 Å². The fourth-order valence-electron chi connectivity index (χ4n) is 1.83. The number of fused-ring (bicyclic) bond motifs is 1. The molecule has 0 unspecified atom stereocenters. The van der Waals surface area contributed by atoms with Gasteiger partial charge in [0.2, 0.25) is 0 Å². The van der Waals surface area contributed by atoms with Gasteiger partial charge in [-0.3, -0.25) is 0 Å². The zero-order valence-corrected chi connectivity index (χ0v) is 11.4. The highest BCUT2D eigenvalue weighted by Crippen LogP contribution is 2.23. The average Bonchev–Trinajstić information content (AvgIpc) is 2.94. The molecule has 5 nitrogen and oxygen atoms in total. The van der Waals surface area contributed by atoms with Crippen LogP contribution >= 0.6 is 11.3 Å². The molecule has 0 fully saturated rings. The third kappa shape index (κ3) is 2.56. The Morgan fingerprint density at radius 1 is 1.15 bits per heavy atom. The Hall–Kier alpha value is -2.18. The molecule has 0 bridgehead atoms. The summed E-state index contributed by atoms with van der Waals surface area (Å²) >= 11 is 1.53. The van der Waals surface area contributed by atoms with Crippen LogP contribution in [0.3, 0.4) is 0 Å². The van der Waals surface area contributed by atoms with Gasteiger partial charge in [0, 0.05) is 0 Å². The molecule has 3 N–H and O–H groups in total. The summed E-state index contributed by atoms with van der Waals surface area (Å²) in [5.41, 5.74) is 6.73. The summed E-state index contributed by atoms with van der Waals surface area (Å²) in [6.45, 7) is 0.283. The number of aliphatic hydroxyl groups excluding tert-OH is 1. The Balaban J connectivity index is 1.75. The molecule has 0 radical (unpaired) electrons. The quantitative estimate of drug-likeness (QED) is 0.769. The third-order valence-corrected chi connectivity index (χ3v) is 3.68. The lowest BCUT2D eigenvalue weighted by molar-refractivity contribution is 0.280. The Labute approximate surface area is 119 Å². The van der Waals surface area contributed by atoms with Crippen molar-refractivity contribution in [1.29, 1.82) is 0 Å². The van der Waals surface area contributed by atoms with Gasteiger partial charge in [-0.15, -0.1) is 11.3 Å². The molecule has 2 aromatic heterocycles. The number of hydrogen-bond acceptors (Lipinski definition) is 6. The molecule has 0 atom stereocenters. The molecule has 102 valence electrons. The molecule has 3 rings (SSSR count). The van der Waals surface area contributed by atoms with Crippen LogP contribution in [-0.4, -0.2) is 15.1 Å². The van der Waals surface area contributed by atoms with E-state index >= 15 is 0 Å². The van der Waals surface area contributed by atoms with Gasteiger partial charge in [-0.25, -0.2) is 9.97 Å². The second-order valence-corrected chi connectivity index (χ2v) is 5.15. The van der Waals surface area contributed by atoms with E-state index in [0.29, 0.717) is 17.4 Å². The number of anilines is 1. The largest absolute Gasteiger partial charge is 0.486 e. The molecule has 1 aromatic carbocycles. The fourth-order valence-corrected chi connectivity index (χ4v) is 2.62. The van der Waals surface area contributed by atoms with Crippen molar-refractivity contribution in [3.8, 4) is 5.75 Å². The minimum absolute atomic E-state index is 0.0228. The monoisotopic (exact) mass is 287 g/mol. The topological polar surface area (TPSA) is 81.3 Å². The molecule has 0 spiro atoms. The molecule has 2 heterocycles. The smallest absolute Gasteiger partial charge is 0.169 e. The van der Waals surface area contributed by atoms with Crippen LogP contribution in [0.4, 0.5) is 5.82 Å². The zero-order valence-electron chi connectivity index (χ0n) is 10.6. The highest BCUT2D eigenvalue weighted by Gasteiger charge is 2.07. The summed E-state index contributed by atoms with van der Waals surface area (Å²) in [6.07, 6.45) is 0. The number of nitrogen functional groups attached to an aromatic ring is 1. The van der Waals surface area contributed by atoms with Crippen molar-refractivity contribution in [2.24, 2.45) is 0 Å². The maximum absolute atomic E-state index is 8.97. The van der Waals surface area contributed by atoms with E-state index in [9.17, 15) is 0 Å². The summed E-state index contributed by atoms with van der Waals surface area (Å²) in [4.78, 5) is 9.51. The first kappa shape index (κ1) is 12.8. The Bertz CT molecular complexity index is 725. The van der Waals surface area contributed by atoms with Crippen LogP contribution in [-0.2, 0) is 13.2 Å². The van der Waals surface area contributed by atoms with Crippen LogP contribution in [0.5, 0.6) is 5.75 Å². The number of nitrogens with two attached hydrogens (primary N) is 1. The molecule has 0 aliphatic heterocycles. The van der Waals surface area contributed by atoms with E-state index in [2.05, 4.69) is 9.97 Å². The van der Waals surface area contributed by atoms with Gasteiger partial charge in [0.1, 0.15) is 23.0 Å². The van der Waals surface area contributed by atoms with E-state index in [-0.39, 0.29) is 13.2 Å². The van der Waals surface area contributed by atoms with Gasteiger partial charge < -0.3 is 15.6 Å². The highest BCUT2D eigenvalue weighted by atomic mass is 32.1. The van der Waals surface area contributed by atoms with Crippen LogP contribution < -0.4 is 10.5 Å². The lowest BCUT2D eigenvalue weighted by atomic mass is 10.2. The number of aromatic nitrogens is 2. The summed E-state index contributed by atoms with van der Waals surface area (Å²) in [5, 5.41) is 11.8. The van der Waals surface area contributed by atoms with Gasteiger partial charge >= 0.3 is 0 Å². The van der Waals surface area contributed by atoms with Gasteiger partial charge in [0.25, 0.3) is 0 Å². The predicted octanol–water partition coefficient (Wildman–Crippen LogP) is 2.34. The van der Waals surface area contributed by atoms with Crippen molar-refractivity contribution in [1.82, 2.24) is 9.97 Å². The molecule has 3 aromatic rings. The maximum Gasteiger partial charge on any atom is 0.169 e. The van der Waals surface area contributed by atoms with Crippen LogP contribution in [0, 0.1) is 0 Å².